The largest absolute Gasteiger partial charge is 0.397 e. The second-order valence-corrected chi connectivity index (χ2v) is 7.05. The third-order valence-corrected chi connectivity index (χ3v) is 4.65. The summed E-state index contributed by atoms with van der Waals surface area (Å²) in [6, 6.07) is 4.85. The molecule has 0 radical (unpaired) electrons. The first kappa shape index (κ1) is 13.2. The van der Waals surface area contributed by atoms with Gasteiger partial charge in [-0.05, 0) is 30.5 Å². The summed E-state index contributed by atoms with van der Waals surface area (Å²) >= 11 is 0. The molecule has 5 heteroatoms. The van der Waals surface area contributed by atoms with Gasteiger partial charge in [-0.2, -0.15) is 0 Å². The standard InChI is InChI=1S/C13H20N2O2S/c1-18(16,17)11-5-6-13(12(14)9-11)15-8-7-10-3-2-4-10/h5-6,9-10,15H,2-4,7-8,14H2,1H3. The van der Waals surface area contributed by atoms with Gasteiger partial charge in [0, 0.05) is 12.8 Å². The van der Waals surface area contributed by atoms with Crippen molar-refractivity contribution in [2.75, 3.05) is 23.9 Å². The average Bonchev–Trinajstić information content (AvgIpc) is 2.22. The number of hydrogen-bond donors (Lipinski definition) is 2. The predicted molar refractivity (Wildman–Crippen MR) is 74.4 cm³/mol. The Labute approximate surface area is 108 Å². The minimum atomic E-state index is -3.18. The van der Waals surface area contributed by atoms with Gasteiger partial charge >= 0.3 is 0 Å². The molecule has 0 bridgehead atoms. The fourth-order valence-electron chi connectivity index (χ4n) is 2.12. The fourth-order valence-corrected chi connectivity index (χ4v) is 2.78. The van der Waals surface area contributed by atoms with Crippen LogP contribution in [0, 0.1) is 5.92 Å². The molecule has 2 rings (SSSR count). The summed E-state index contributed by atoms with van der Waals surface area (Å²) in [6.07, 6.45) is 6.38. The van der Waals surface area contributed by atoms with Crippen LogP contribution in [-0.4, -0.2) is 21.2 Å². The number of nitrogen functional groups attached to an aromatic ring is 1. The third-order valence-electron chi connectivity index (χ3n) is 3.54. The van der Waals surface area contributed by atoms with Gasteiger partial charge in [-0.3, -0.25) is 0 Å². The Hall–Kier alpha value is -1.23. The Morgan fingerprint density at radius 2 is 2.11 bits per heavy atom. The first-order valence-electron chi connectivity index (χ1n) is 6.30. The normalized spacial score (nSPS) is 16.3. The van der Waals surface area contributed by atoms with Gasteiger partial charge in [-0.25, -0.2) is 8.42 Å². The van der Waals surface area contributed by atoms with E-state index in [1.807, 2.05) is 0 Å². The molecule has 1 aromatic carbocycles. The van der Waals surface area contributed by atoms with Crippen molar-refractivity contribution in [3.63, 3.8) is 0 Å². The van der Waals surface area contributed by atoms with Crippen LogP contribution in [-0.2, 0) is 9.84 Å². The predicted octanol–water partition coefficient (Wildman–Crippen LogP) is 2.27. The van der Waals surface area contributed by atoms with Gasteiger partial charge in [0.05, 0.1) is 16.3 Å². The summed E-state index contributed by atoms with van der Waals surface area (Å²) in [5, 5.41) is 3.27. The van der Waals surface area contributed by atoms with Gasteiger partial charge in [-0.1, -0.05) is 19.3 Å². The minimum Gasteiger partial charge on any atom is -0.397 e. The van der Waals surface area contributed by atoms with Crippen LogP contribution < -0.4 is 11.1 Å². The number of anilines is 2. The number of sulfone groups is 1. The molecule has 0 saturated heterocycles. The SMILES string of the molecule is CS(=O)(=O)c1ccc(NCCC2CCC2)c(N)c1. The molecule has 0 unspecified atom stereocenters. The summed E-state index contributed by atoms with van der Waals surface area (Å²) in [5.41, 5.74) is 7.17. The van der Waals surface area contributed by atoms with Crippen LogP contribution in [0.2, 0.25) is 0 Å². The van der Waals surface area contributed by atoms with E-state index in [9.17, 15) is 8.42 Å². The summed E-state index contributed by atoms with van der Waals surface area (Å²) in [7, 11) is -3.18. The summed E-state index contributed by atoms with van der Waals surface area (Å²) in [4.78, 5) is 0.268. The van der Waals surface area contributed by atoms with Crippen molar-refractivity contribution < 1.29 is 8.42 Å². The van der Waals surface area contributed by atoms with E-state index in [0.717, 1.165) is 24.6 Å². The van der Waals surface area contributed by atoms with E-state index >= 15 is 0 Å². The number of nitrogens with two attached hydrogens (primary N) is 1. The zero-order valence-electron chi connectivity index (χ0n) is 10.6. The maximum Gasteiger partial charge on any atom is 0.175 e. The van der Waals surface area contributed by atoms with Crippen molar-refractivity contribution in [1.82, 2.24) is 0 Å². The smallest absolute Gasteiger partial charge is 0.175 e. The number of hydrogen-bond acceptors (Lipinski definition) is 4. The molecule has 0 spiro atoms. The molecule has 1 fully saturated rings. The topological polar surface area (TPSA) is 72.2 Å². The fraction of sp³-hybridized carbons (Fsp3) is 0.538. The Morgan fingerprint density at radius 1 is 1.39 bits per heavy atom. The molecule has 0 heterocycles. The molecule has 0 aliphatic heterocycles. The van der Waals surface area contributed by atoms with E-state index in [4.69, 9.17) is 5.73 Å². The monoisotopic (exact) mass is 268 g/mol. The van der Waals surface area contributed by atoms with E-state index in [1.165, 1.54) is 31.6 Å². The van der Waals surface area contributed by atoms with Crippen molar-refractivity contribution >= 4 is 21.2 Å². The zero-order valence-corrected chi connectivity index (χ0v) is 11.5. The van der Waals surface area contributed by atoms with E-state index in [-0.39, 0.29) is 4.90 Å². The summed E-state index contributed by atoms with van der Waals surface area (Å²) in [5.74, 6) is 0.856. The van der Waals surface area contributed by atoms with Crippen molar-refractivity contribution in [2.24, 2.45) is 5.92 Å². The molecular weight excluding hydrogens is 248 g/mol. The Kier molecular flexibility index (Phi) is 3.80. The van der Waals surface area contributed by atoms with Crippen LogP contribution >= 0.6 is 0 Å². The first-order valence-corrected chi connectivity index (χ1v) is 8.19. The maximum atomic E-state index is 11.4. The molecule has 0 aromatic heterocycles. The second-order valence-electron chi connectivity index (χ2n) is 5.03. The number of nitrogens with one attached hydrogen (secondary N) is 1. The molecule has 4 nitrogen and oxygen atoms in total. The van der Waals surface area contributed by atoms with Crippen LogP contribution in [0.25, 0.3) is 0 Å². The quantitative estimate of drug-likeness (QED) is 0.804. The van der Waals surface area contributed by atoms with Crippen LogP contribution in [0.15, 0.2) is 23.1 Å². The third kappa shape index (κ3) is 3.16. The van der Waals surface area contributed by atoms with Crippen LogP contribution in [0.3, 0.4) is 0 Å². The minimum absolute atomic E-state index is 0.268. The highest BCUT2D eigenvalue weighted by Crippen LogP contribution is 2.29. The molecule has 1 aromatic rings. The van der Waals surface area contributed by atoms with Gasteiger partial charge in [0.2, 0.25) is 0 Å². The number of benzene rings is 1. The lowest BCUT2D eigenvalue weighted by molar-refractivity contribution is 0.303. The van der Waals surface area contributed by atoms with Crippen molar-refractivity contribution in [3.8, 4) is 0 Å². The lowest BCUT2D eigenvalue weighted by atomic mass is 9.83. The molecule has 3 N–H and O–H groups in total. The molecule has 1 aliphatic rings. The van der Waals surface area contributed by atoms with Gasteiger partial charge < -0.3 is 11.1 Å². The lowest BCUT2D eigenvalue weighted by Crippen LogP contribution is -2.16. The van der Waals surface area contributed by atoms with E-state index < -0.39 is 9.84 Å². The second kappa shape index (κ2) is 5.18. The van der Waals surface area contributed by atoms with Gasteiger partial charge in [0.1, 0.15) is 0 Å². The molecule has 0 atom stereocenters. The molecule has 100 valence electrons. The average molecular weight is 268 g/mol. The highest BCUT2D eigenvalue weighted by Gasteiger charge is 2.16. The Morgan fingerprint density at radius 3 is 2.61 bits per heavy atom. The zero-order chi connectivity index (χ0) is 13.2. The van der Waals surface area contributed by atoms with E-state index in [2.05, 4.69) is 5.32 Å². The van der Waals surface area contributed by atoms with Gasteiger partial charge in [0.25, 0.3) is 0 Å². The first-order chi connectivity index (χ1) is 8.47. The van der Waals surface area contributed by atoms with E-state index in [0.29, 0.717) is 5.69 Å². The van der Waals surface area contributed by atoms with E-state index in [1.54, 1.807) is 12.1 Å². The van der Waals surface area contributed by atoms with Gasteiger partial charge in [0.15, 0.2) is 9.84 Å². The molecular formula is C13H20N2O2S. The summed E-state index contributed by atoms with van der Waals surface area (Å²) < 4.78 is 22.7. The Bertz CT molecular complexity index is 522. The van der Waals surface area contributed by atoms with Crippen molar-refractivity contribution in [3.05, 3.63) is 18.2 Å². The lowest BCUT2D eigenvalue weighted by Gasteiger charge is -2.25. The molecule has 1 saturated carbocycles. The molecule has 0 amide bonds. The molecule has 1 aliphatic carbocycles. The van der Waals surface area contributed by atoms with Gasteiger partial charge in [-0.15, -0.1) is 0 Å². The highest BCUT2D eigenvalue weighted by molar-refractivity contribution is 7.90. The van der Waals surface area contributed by atoms with Crippen molar-refractivity contribution in [2.45, 2.75) is 30.6 Å². The van der Waals surface area contributed by atoms with Crippen LogP contribution in [0.1, 0.15) is 25.7 Å². The van der Waals surface area contributed by atoms with Crippen LogP contribution in [0.4, 0.5) is 11.4 Å². The molecule has 18 heavy (non-hydrogen) atoms. The highest BCUT2D eigenvalue weighted by atomic mass is 32.2. The number of rotatable bonds is 5. The Balaban J connectivity index is 1.96. The van der Waals surface area contributed by atoms with Crippen LogP contribution in [0.5, 0.6) is 0 Å². The summed E-state index contributed by atoms with van der Waals surface area (Å²) in [6.45, 7) is 0.896. The maximum absolute atomic E-state index is 11.4. The van der Waals surface area contributed by atoms with Crippen molar-refractivity contribution in [1.29, 1.82) is 0 Å².